The molecule has 0 aliphatic carbocycles. The number of unbranched alkanes of at least 4 members (excludes halogenated alkanes) is 4. The quantitative estimate of drug-likeness (QED) is 0.304. The maximum atomic E-state index is 12.5. The number of carbonyl (C=O) groups excluding carboxylic acids is 2. The van der Waals surface area contributed by atoms with Crippen molar-refractivity contribution in [3.63, 3.8) is 0 Å². The minimum absolute atomic E-state index is 0.0325. The molecule has 1 aliphatic heterocycles. The number of ether oxygens (including phenoxy) is 3. The van der Waals surface area contributed by atoms with Crippen LogP contribution in [0.25, 0.3) is 0 Å². The predicted molar refractivity (Wildman–Crippen MR) is 92.7 cm³/mol. The molecule has 0 bridgehead atoms. The highest BCUT2D eigenvalue weighted by Gasteiger charge is 2.46. The monoisotopic (exact) mass is 342 g/mol. The molecule has 0 saturated carbocycles. The van der Waals surface area contributed by atoms with Gasteiger partial charge < -0.3 is 14.2 Å². The Bertz CT molecular complexity index is 370. The van der Waals surface area contributed by atoms with Gasteiger partial charge in [0.05, 0.1) is 12.7 Å². The Hall–Kier alpha value is -1.10. The molecule has 0 spiro atoms. The molecule has 0 aromatic carbocycles. The zero-order valence-electron chi connectivity index (χ0n) is 15.6. The van der Waals surface area contributed by atoms with Crippen LogP contribution in [0.3, 0.4) is 0 Å². The van der Waals surface area contributed by atoms with Crippen molar-refractivity contribution in [2.24, 2.45) is 5.41 Å². The van der Waals surface area contributed by atoms with Crippen LogP contribution in [-0.2, 0) is 23.8 Å². The average molecular weight is 342 g/mol. The van der Waals surface area contributed by atoms with Crippen molar-refractivity contribution >= 4 is 11.9 Å². The van der Waals surface area contributed by atoms with Crippen molar-refractivity contribution in [1.82, 2.24) is 0 Å². The molecule has 1 heterocycles. The Morgan fingerprint density at radius 3 is 2.25 bits per heavy atom. The summed E-state index contributed by atoms with van der Waals surface area (Å²) in [4.78, 5) is 25.0. The molecule has 1 unspecified atom stereocenters. The SMILES string of the molecule is CCCCCCCOC(=O)C(CC)(CC)C(=O)OCC1CCCO1. The zero-order chi connectivity index (χ0) is 17.8. The average Bonchev–Trinajstić information content (AvgIpc) is 3.11. The van der Waals surface area contributed by atoms with Crippen LogP contribution in [0.2, 0.25) is 0 Å². The van der Waals surface area contributed by atoms with E-state index in [-0.39, 0.29) is 12.7 Å². The van der Waals surface area contributed by atoms with E-state index in [9.17, 15) is 9.59 Å². The van der Waals surface area contributed by atoms with Gasteiger partial charge in [0.25, 0.3) is 0 Å². The first-order valence-corrected chi connectivity index (χ1v) is 9.56. The van der Waals surface area contributed by atoms with E-state index < -0.39 is 17.4 Å². The number of esters is 2. The zero-order valence-corrected chi connectivity index (χ0v) is 15.6. The van der Waals surface area contributed by atoms with Crippen molar-refractivity contribution in [1.29, 1.82) is 0 Å². The number of carbonyl (C=O) groups is 2. The molecule has 5 heteroatoms. The molecule has 140 valence electrons. The van der Waals surface area contributed by atoms with Crippen molar-refractivity contribution < 1.29 is 23.8 Å². The molecule has 1 aliphatic rings. The standard InChI is InChI=1S/C19H34O5/c1-4-7-8-9-10-13-23-17(20)19(5-2,6-3)18(21)24-15-16-12-11-14-22-16/h16H,4-15H2,1-3H3. The lowest BCUT2D eigenvalue weighted by Crippen LogP contribution is -2.42. The summed E-state index contributed by atoms with van der Waals surface area (Å²) in [6, 6.07) is 0. The maximum Gasteiger partial charge on any atom is 0.323 e. The summed E-state index contributed by atoms with van der Waals surface area (Å²) >= 11 is 0. The molecule has 1 saturated heterocycles. The third kappa shape index (κ3) is 6.08. The fraction of sp³-hybridized carbons (Fsp3) is 0.895. The Morgan fingerprint density at radius 2 is 1.67 bits per heavy atom. The van der Waals surface area contributed by atoms with Crippen LogP contribution >= 0.6 is 0 Å². The minimum atomic E-state index is -1.18. The third-order valence-corrected chi connectivity index (χ3v) is 4.89. The van der Waals surface area contributed by atoms with E-state index in [1.54, 1.807) is 0 Å². The van der Waals surface area contributed by atoms with Gasteiger partial charge in [-0.3, -0.25) is 9.59 Å². The molecule has 0 aromatic heterocycles. The fourth-order valence-corrected chi connectivity index (χ4v) is 3.00. The normalized spacial score (nSPS) is 17.7. The van der Waals surface area contributed by atoms with Crippen LogP contribution in [-0.4, -0.2) is 37.9 Å². The molecular weight excluding hydrogens is 308 g/mol. The second-order valence-electron chi connectivity index (χ2n) is 6.57. The fourth-order valence-electron chi connectivity index (χ4n) is 3.00. The minimum Gasteiger partial charge on any atom is -0.465 e. The van der Waals surface area contributed by atoms with Crippen LogP contribution in [0, 0.1) is 5.41 Å². The first-order chi connectivity index (χ1) is 11.6. The largest absolute Gasteiger partial charge is 0.465 e. The summed E-state index contributed by atoms with van der Waals surface area (Å²) in [7, 11) is 0. The first-order valence-electron chi connectivity index (χ1n) is 9.56. The Kier molecular flexibility index (Phi) is 9.99. The molecule has 1 atom stereocenters. The summed E-state index contributed by atoms with van der Waals surface area (Å²) in [6.07, 6.45) is 8.10. The topological polar surface area (TPSA) is 61.8 Å². The summed E-state index contributed by atoms with van der Waals surface area (Å²) in [6.45, 7) is 7.15. The molecule has 0 radical (unpaired) electrons. The molecule has 1 fully saturated rings. The molecule has 5 nitrogen and oxygen atoms in total. The molecule has 24 heavy (non-hydrogen) atoms. The summed E-state index contributed by atoms with van der Waals surface area (Å²) < 4.78 is 16.2. The van der Waals surface area contributed by atoms with E-state index in [1.165, 1.54) is 12.8 Å². The molecule has 0 aromatic rings. The summed E-state index contributed by atoms with van der Waals surface area (Å²) in [5.41, 5.74) is -1.18. The lowest BCUT2D eigenvalue weighted by Gasteiger charge is -2.27. The van der Waals surface area contributed by atoms with Crippen LogP contribution < -0.4 is 0 Å². The summed E-state index contributed by atoms with van der Waals surface area (Å²) in [5, 5.41) is 0. The third-order valence-electron chi connectivity index (χ3n) is 4.89. The van der Waals surface area contributed by atoms with Gasteiger partial charge in [0.2, 0.25) is 0 Å². The second kappa shape index (κ2) is 11.5. The van der Waals surface area contributed by atoms with Gasteiger partial charge in [0.15, 0.2) is 5.41 Å². The Balaban J connectivity index is 2.45. The number of hydrogen-bond donors (Lipinski definition) is 0. The van der Waals surface area contributed by atoms with Crippen molar-refractivity contribution in [3.8, 4) is 0 Å². The number of hydrogen-bond acceptors (Lipinski definition) is 5. The van der Waals surface area contributed by atoms with Gasteiger partial charge in [-0.2, -0.15) is 0 Å². The molecule has 0 amide bonds. The lowest BCUT2D eigenvalue weighted by atomic mass is 9.82. The first kappa shape index (κ1) is 20.9. The van der Waals surface area contributed by atoms with Crippen LogP contribution in [0.15, 0.2) is 0 Å². The van der Waals surface area contributed by atoms with Gasteiger partial charge in [-0.05, 0) is 32.1 Å². The van der Waals surface area contributed by atoms with Gasteiger partial charge in [-0.15, -0.1) is 0 Å². The van der Waals surface area contributed by atoms with Gasteiger partial charge in [-0.25, -0.2) is 0 Å². The van der Waals surface area contributed by atoms with Crippen LogP contribution in [0.1, 0.15) is 78.6 Å². The van der Waals surface area contributed by atoms with E-state index in [2.05, 4.69) is 6.92 Å². The molecule has 1 rings (SSSR count). The Morgan fingerprint density at radius 1 is 1.00 bits per heavy atom. The highest BCUT2D eigenvalue weighted by Crippen LogP contribution is 2.30. The Labute approximate surface area is 146 Å². The van der Waals surface area contributed by atoms with Crippen molar-refractivity contribution in [3.05, 3.63) is 0 Å². The highest BCUT2D eigenvalue weighted by molar-refractivity contribution is 6.00. The van der Waals surface area contributed by atoms with Gasteiger partial charge in [-0.1, -0.05) is 46.5 Å². The van der Waals surface area contributed by atoms with Crippen molar-refractivity contribution in [2.45, 2.75) is 84.7 Å². The van der Waals surface area contributed by atoms with Gasteiger partial charge in [0.1, 0.15) is 6.61 Å². The summed E-state index contributed by atoms with van der Waals surface area (Å²) in [5.74, 6) is -0.917. The van der Waals surface area contributed by atoms with Gasteiger partial charge in [0, 0.05) is 6.61 Å². The lowest BCUT2D eigenvalue weighted by molar-refractivity contribution is -0.175. The van der Waals surface area contributed by atoms with Crippen molar-refractivity contribution in [2.75, 3.05) is 19.8 Å². The van der Waals surface area contributed by atoms with Crippen LogP contribution in [0.4, 0.5) is 0 Å². The second-order valence-corrected chi connectivity index (χ2v) is 6.57. The predicted octanol–water partition coefficient (Wildman–Crippen LogP) is 4.03. The van der Waals surface area contributed by atoms with E-state index in [0.717, 1.165) is 38.7 Å². The highest BCUT2D eigenvalue weighted by atomic mass is 16.6. The van der Waals surface area contributed by atoms with Gasteiger partial charge >= 0.3 is 11.9 Å². The molecular formula is C19H34O5. The van der Waals surface area contributed by atoms with E-state index in [4.69, 9.17) is 14.2 Å². The number of rotatable bonds is 12. The molecule has 0 N–H and O–H groups in total. The van der Waals surface area contributed by atoms with E-state index in [0.29, 0.717) is 19.4 Å². The van der Waals surface area contributed by atoms with E-state index >= 15 is 0 Å². The smallest absolute Gasteiger partial charge is 0.323 e. The van der Waals surface area contributed by atoms with Crippen LogP contribution in [0.5, 0.6) is 0 Å². The van der Waals surface area contributed by atoms with E-state index in [1.807, 2.05) is 13.8 Å². The maximum absolute atomic E-state index is 12.5.